The van der Waals surface area contributed by atoms with Crippen LogP contribution in [0.1, 0.15) is 170 Å². The fraction of sp³-hybridized carbons (Fsp3) is 0.463. The van der Waals surface area contributed by atoms with Crippen molar-refractivity contribution >= 4 is 82.1 Å². The summed E-state index contributed by atoms with van der Waals surface area (Å²) >= 11 is 0. The first-order valence-corrected chi connectivity index (χ1v) is 37.2. The number of fused-ring (bicyclic) bond motifs is 4. The molecule has 598 valence electrons. The van der Waals surface area contributed by atoms with E-state index in [1.165, 1.54) is 70.9 Å². The third-order valence-electron chi connectivity index (χ3n) is 19.4. The van der Waals surface area contributed by atoms with Crippen molar-refractivity contribution in [2.24, 2.45) is 14.1 Å². The number of carboxylic acids is 1. The summed E-state index contributed by atoms with van der Waals surface area (Å²) < 4.78 is 30.9. The highest BCUT2D eigenvalue weighted by atomic mass is 16.7. The summed E-state index contributed by atoms with van der Waals surface area (Å²) in [6.07, 6.45) is 5.32. The molecule has 4 aliphatic heterocycles. The predicted molar refractivity (Wildman–Crippen MR) is 432 cm³/mol. The third-order valence-corrected chi connectivity index (χ3v) is 19.4. The van der Waals surface area contributed by atoms with Crippen LogP contribution in [0.15, 0.2) is 84.9 Å². The molecule has 111 heavy (non-hydrogen) atoms. The molecule has 8 aromatic rings. The number of nitrogens with one attached hydrogen (secondary N) is 3. The van der Waals surface area contributed by atoms with Crippen LogP contribution in [0.5, 0.6) is 0 Å². The van der Waals surface area contributed by atoms with Gasteiger partial charge in [-0.15, -0.1) is 10.2 Å². The van der Waals surface area contributed by atoms with E-state index < -0.39 is 23.9 Å². The molecule has 0 saturated heterocycles. The van der Waals surface area contributed by atoms with Crippen molar-refractivity contribution in [3.63, 3.8) is 0 Å². The van der Waals surface area contributed by atoms with Crippen molar-refractivity contribution < 1.29 is 62.3 Å². The standard InChI is InChI=1S/C16H22N6O2.C16H23NO4.C14H20N6.C14H19NO4.C14H17NO3.C8H11N/c1-10-8-11(2)14-12(9-10)13(17-15-18-20-21(3)19-15)6-5-7-22(14)16(23)24-4;1-11-9-12(2)14-13(10-11)16(20-4,21-5)7-6-8-17(14)15(18)19-3;1-9-7-10(2)13-11(8-9)12(5-4-6-15-13)16-14-17-19-20(3)18-14;1-10-6-7-12(11(2)9-10)15(14(18)19-3)8-4-5-13(16)17;1-9-7-10(2)13-11(8-9)12(16)5-4-6-15(13)14(17)18-3;1-6-3-4-8(9)7(2)5-6/h8-9,13H,5-7H2,1-4H3,(H,17,19);9-10H,6-8H2,1-5H3;7-8,12,15H,4-6H2,1-3H3,(H,16,18);6-7,9H,4-5,8H2,1-3H3,(H,16,17);7-8H,4-6H2,1-3H3;3-5H,9H2,1-2H3/t13-;;12-;;;/m0.0.../s1. The van der Waals surface area contributed by atoms with Gasteiger partial charge in [0, 0.05) is 94.4 Å². The number of anilines is 8. The van der Waals surface area contributed by atoms with E-state index in [1.54, 1.807) is 43.0 Å². The second kappa shape index (κ2) is 40.5. The van der Waals surface area contributed by atoms with Crippen LogP contribution in [0.4, 0.5) is 65.2 Å². The van der Waals surface area contributed by atoms with Gasteiger partial charge >= 0.3 is 30.3 Å². The molecule has 6 aromatic carbocycles. The molecule has 2 aromatic heterocycles. The first kappa shape index (κ1) is 87.0. The number of nitrogens with zero attached hydrogens (tertiary/aromatic N) is 12. The minimum atomic E-state index is -0.870. The number of rotatable bonds is 11. The highest BCUT2D eigenvalue weighted by molar-refractivity contribution is 6.06. The molecule has 6 N–H and O–H groups in total. The predicted octanol–water partition coefficient (Wildman–Crippen LogP) is 15.1. The largest absolute Gasteiger partial charge is 0.481 e. The number of nitrogens with two attached hydrogens (primary N) is 1. The van der Waals surface area contributed by atoms with E-state index in [9.17, 15) is 28.8 Å². The number of ether oxygens (including phenoxy) is 6. The molecule has 0 unspecified atom stereocenters. The number of Topliss-reactive ketones (excluding diaryl/α,β-unsaturated/α-hetero) is 1. The zero-order valence-corrected chi connectivity index (χ0v) is 68.1. The lowest BCUT2D eigenvalue weighted by Crippen LogP contribution is -2.34. The number of aryl methyl sites for hydroxylation is 14. The average molecular weight is 1530 g/mol. The SMILES string of the molecule is COC(=O)N(CCCC(=O)O)c1ccc(C)cc1C.COC(=O)N1CCCC(=O)c2cc(C)cc(C)c21.COC(=O)N1CCCC(OC)(OC)c2cc(C)cc(C)c21.COC(=O)N1CCC[C@H](Nc2nnn(C)n2)c2cc(C)cc(C)c21.Cc1cc(C)c2c(c1)[C@@H](Nc1nnn(C)n1)CCCN2.Cc1ccc(N)c(C)c1. The Morgan fingerprint density at radius 2 is 1.03 bits per heavy atom. The molecule has 0 bridgehead atoms. The molecule has 2 atom stereocenters. The van der Waals surface area contributed by atoms with Crippen molar-refractivity contribution in [3.05, 3.63) is 174 Å². The van der Waals surface area contributed by atoms with Gasteiger partial charge in [-0.1, -0.05) is 98.7 Å². The van der Waals surface area contributed by atoms with Crippen LogP contribution in [0.3, 0.4) is 0 Å². The number of hydrogen-bond donors (Lipinski definition) is 5. The van der Waals surface area contributed by atoms with Crippen LogP contribution in [0.2, 0.25) is 0 Å². The molecule has 4 amide bonds. The Bertz CT molecular complexity index is 4550. The number of nitrogen functional groups attached to an aromatic ring is 1. The van der Waals surface area contributed by atoms with Gasteiger partial charge < -0.3 is 55.2 Å². The Morgan fingerprint density at radius 1 is 0.550 bits per heavy atom. The Hall–Kier alpha value is -11.2. The Morgan fingerprint density at radius 3 is 1.56 bits per heavy atom. The van der Waals surface area contributed by atoms with Gasteiger partial charge in [0.1, 0.15) is 0 Å². The van der Waals surface area contributed by atoms with Gasteiger partial charge in [-0.3, -0.25) is 29.2 Å². The maximum Gasteiger partial charge on any atom is 0.414 e. The van der Waals surface area contributed by atoms with Crippen LogP contribution in [0.25, 0.3) is 0 Å². The van der Waals surface area contributed by atoms with E-state index >= 15 is 0 Å². The van der Waals surface area contributed by atoms with Crippen molar-refractivity contribution in [1.29, 1.82) is 0 Å². The second-order valence-electron chi connectivity index (χ2n) is 28.3. The van der Waals surface area contributed by atoms with E-state index in [0.717, 1.165) is 123 Å². The lowest BCUT2D eigenvalue weighted by atomic mass is 9.95. The molecule has 12 rings (SSSR count). The summed E-state index contributed by atoms with van der Waals surface area (Å²) in [6, 6.07) is 28.6. The van der Waals surface area contributed by atoms with Gasteiger partial charge in [0.2, 0.25) is 0 Å². The second-order valence-corrected chi connectivity index (χ2v) is 28.3. The molecule has 0 saturated carbocycles. The Balaban J connectivity index is 0.000000188. The first-order chi connectivity index (χ1) is 52.8. The highest BCUT2D eigenvalue weighted by Gasteiger charge is 2.41. The number of ketones is 1. The van der Waals surface area contributed by atoms with E-state index in [4.69, 9.17) is 39.3 Å². The number of carbonyl (C=O) groups is 6. The maximum absolute atomic E-state index is 12.2. The molecule has 29 nitrogen and oxygen atoms in total. The van der Waals surface area contributed by atoms with Crippen LogP contribution < -0.4 is 41.3 Å². The van der Waals surface area contributed by atoms with Crippen LogP contribution >= 0.6 is 0 Å². The zero-order valence-electron chi connectivity index (χ0n) is 68.1. The fourth-order valence-electron chi connectivity index (χ4n) is 14.5. The number of carbonyl (C=O) groups excluding carboxylic acids is 5. The number of hydrogen-bond acceptors (Lipinski definition) is 22. The number of amides is 4. The fourth-order valence-corrected chi connectivity index (χ4v) is 14.5. The highest BCUT2D eigenvalue weighted by Crippen LogP contribution is 2.44. The van der Waals surface area contributed by atoms with Gasteiger partial charge in [0.15, 0.2) is 11.6 Å². The summed E-state index contributed by atoms with van der Waals surface area (Å²) in [5.74, 6) is -0.521. The normalized spacial score (nSPS) is 15.1. The van der Waals surface area contributed by atoms with Gasteiger partial charge in [-0.2, -0.15) is 9.59 Å². The smallest absolute Gasteiger partial charge is 0.414 e. The van der Waals surface area contributed by atoms with E-state index in [-0.39, 0.29) is 36.5 Å². The third kappa shape index (κ3) is 23.0. The van der Waals surface area contributed by atoms with Gasteiger partial charge in [-0.05, 0) is 213 Å². The molecular weight excluding hydrogens is 1420 g/mol. The average Bonchev–Trinajstić information content (AvgIpc) is 1.72. The van der Waals surface area contributed by atoms with Crippen molar-refractivity contribution in [2.45, 2.75) is 165 Å². The number of benzene rings is 6. The Kier molecular flexibility index (Phi) is 31.7. The molecule has 6 heterocycles. The lowest BCUT2D eigenvalue weighted by molar-refractivity contribution is -0.219. The molecular formula is C82H112N16O13. The summed E-state index contributed by atoms with van der Waals surface area (Å²) in [6.45, 7) is 27.3. The van der Waals surface area contributed by atoms with Crippen molar-refractivity contribution in [1.82, 2.24) is 40.4 Å². The monoisotopic (exact) mass is 1530 g/mol. The number of tetrazole rings is 2. The van der Waals surface area contributed by atoms with E-state index in [1.807, 2.05) is 104 Å². The van der Waals surface area contributed by atoms with Gasteiger partial charge in [0.05, 0.1) is 71.7 Å². The summed E-state index contributed by atoms with van der Waals surface area (Å²) in [5.41, 5.74) is 28.1. The molecule has 0 spiro atoms. The molecule has 4 aliphatic rings. The zero-order chi connectivity index (χ0) is 81.6. The lowest BCUT2D eigenvalue weighted by Gasteiger charge is -2.33. The Labute approximate surface area is 651 Å². The van der Waals surface area contributed by atoms with Crippen LogP contribution in [-0.2, 0) is 53.1 Å². The topological polar surface area (TPSA) is 340 Å². The maximum atomic E-state index is 12.2. The van der Waals surface area contributed by atoms with Gasteiger partial charge in [0.25, 0.3) is 11.9 Å². The number of aromatic nitrogens is 8. The van der Waals surface area contributed by atoms with Gasteiger partial charge in [-0.25, -0.2) is 19.2 Å². The number of aliphatic carboxylic acids is 1. The van der Waals surface area contributed by atoms with Crippen molar-refractivity contribution in [3.8, 4) is 0 Å². The molecule has 0 fully saturated rings. The quantitative estimate of drug-likeness (QED) is 0.0456. The first-order valence-electron chi connectivity index (χ1n) is 37.2. The van der Waals surface area contributed by atoms with Crippen LogP contribution in [-0.4, -0.2) is 157 Å². The van der Waals surface area contributed by atoms with E-state index in [0.29, 0.717) is 75.0 Å². The minimum absolute atomic E-state index is 0.0115. The summed E-state index contributed by atoms with van der Waals surface area (Å²) in [5, 5.41) is 43.1. The van der Waals surface area contributed by atoms with Crippen molar-refractivity contribution in [2.75, 3.05) is 117 Å². The molecule has 0 aliphatic carbocycles. The van der Waals surface area contributed by atoms with E-state index in [2.05, 4.69) is 111 Å². The summed E-state index contributed by atoms with van der Waals surface area (Å²) in [7, 11) is 12.3. The molecule has 29 heteroatoms. The number of carboxylic acid groups (broad SMARTS) is 1. The minimum Gasteiger partial charge on any atom is -0.481 e. The molecule has 0 radical (unpaired) electrons. The summed E-state index contributed by atoms with van der Waals surface area (Å²) in [4.78, 5) is 79.9. The van der Waals surface area contributed by atoms with Crippen LogP contribution in [0, 0.1) is 83.1 Å². The number of methoxy groups -OCH3 is 6.